The topological polar surface area (TPSA) is 78.9 Å². The predicted molar refractivity (Wildman–Crippen MR) is 62.5 cm³/mol. The van der Waals surface area contributed by atoms with E-state index in [4.69, 9.17) is 11.6 Å². The normalized spacial score (nSPS) is 10.4. The van der Waals surface area contributed by atoms with Crippen LogP contribution in [0.1, 0.15) is 0 Å². The molecule has 0 aromatic carbocycles. The third kappa shape index (κ3) is 1.94. The van der Waals surface area contributed by atoms with Crippen molar-refractivity contribution >= 4 is 27.5 Å². The number of nitrogens with one attached hydrogen (secondary N) is 1. The van der Waals surface area contributed by atoms with Crippen LogP contribution in [-0.2, 0) is 0 Å². The van der Waals surface area contributed by atoms with E-state index in [0.29, 0.717) is 10.7 Å². The Morgan fingerprint density at radius 1 is 1.50 bits per heavy atom. The molecule has 0 saturated heterocycles. The quantitative estimate of drug-likeness (QED) is 0.844. The van der Waals surface area contributed by atoms with Crippen LogP contribution in [0.3, 0.4) is 0 Å². The summed E-state index contributed by atoms with van der Waals surface area (Å²) in [6.07, 6.45) is 1.51. The van der Waals surface area contributed by atoms with Crippen molar-refractivity contribution < 1.29 is 5.11 Å². The van der Waals surface area contributed by atoms with Gasteiger partial charge in [-0.15, -0.1) is 0 Å². The van der Waals surface area contributed by atoms with Crippen molar-refractivity contribution in [2.75, 3.05) is 0 Å². The van der Waals surface area contributed by atoms with E-state index in [1.807, 2.05) is 0 Å². The lowest BCUT2D eigenvalue weighted by Crippen LogP contribution is -2.10. The fourth-order valence-corrected chi connectivity index (χ4v) is 1.52. The Balaban J connectivity index is 2.67. The van der Waals surface area contributed by atoms with Crippen LogP contribution >= 0.6 is 27.5 Å². The summed E-state index contributed by atoms with van der Waals surface area (Å²) >= 11 is 8.78. The van der Waals surface area contributed by atoms with Crippen LogP contribution in [0.25, 0.3) is 11.5 Å². The standard InChI is InChI=1S/C9H5BrClN3O2/c10-5-8(15)13-7(14-9(5)16)6-4(11)2-1-3-12-6/h1-3H,(H2,13,14,15,16). The number of hydrogen-bond donors (Lipinski definition) is 2. The van der Waals surface area contributed by atoms with Crippen LogP contribution in [0, 0.1) is 0 Å². The van der Waals surface area contributed by atoms with Gasteiger partial charge in [-0.3, -0.25) is 9.78 Å². The number of aromatic hydroxyl groups is 1. The molecule has 0 atom stereocenters. The molecule has 82 valence electrons. The summed E-state index contributed by atoms with van der Waals surface area (Å²) in [6, 6.07) is 3.27. The summed E-state index contributed by atoms with van der Waals surface area (Å²) < 4.78 is -0.0247. The summed E-state index contributed by atoms with van der Waals surface area (Å²) in [4.78, 5) is 21.6. The second-order valence-electron chi connectivity index (χ2n) is 2.89. The Labute approximate surface area is 103 Å². The Bertz CT molecular complexity index is 600. The minimum atomic E-state index is -0.496. The second kappa shape index (κ2) is 4.23. The number of nitrogens with zero attached hydrogens (tertiary/aromatic N) is 2. The zero-order valence-corrected chi connectivity index (χ0v) is 10.1. The highest BCUT2D eigenvalue weighted by Gasteiger charge is 2.12. The first kappa shape index (κ1) is 11.1. The number of hydrogen-bond acceptors (Lipinski definition) is 4. The lowest BCUT2D eigenvalue weighted by Gasteiger charge is -2.03. The molecule has 5 nitrogen and oxygen atoms in total. The van der Waals surface area contributed by atoms with Crippen LogP contribution < -0.4 is 5.56 Å². The van der Waals surface area contributed by atoms with E-state index in [1.165, 1.54) is 6.20 Å². The van der Waals surface area contributed by atoms with Crippen molar-refractivity contribution in [2.24, 2.45) is 0 Å². The van der Waals surface area contributed by atoms with Crippen molar-refractivity contribution in [1.29, 1.82) is 0 Å². The fourth-order valence-electron chi connectivity index (χ4n) is 1.12. The highest BCUT2D eigenvalue weighted by molar-refractivity contribution is 9.10. The van der Waals surface area contributed by atoms with Gasteiger partial charge in [0.2, 0.25) is 5.88 Å². The predicted octanol–water partition coefficient (Wildman–Crippen LogP) is 1.95. The van der Waals surface area contributed by atoms with Crippen molar-refractivity contribution in [3.63, 3.8) is 0 Å². The van der Waals surface area contributed by atoms with E-state index in [0.717, 1.165) is 0 Å². The average Bonchev–Trinajstić information content (AvgIpc) is 2.26. The van der Waals surface area contributed by atoms with Crippen LogP contribution in [0.15, 0.2) is 27.6 Å². The minimum absolute atomic E-state index is 0.0247. The third-order valence-corrected chi connectivity index (χ3v) is 2.85. The number of rotatable bonds is 1. The fraction of sp³-hybridized carbons (Fsp3) is 0. The van der Waals surface area contributed by atoms with Gasteiger partial charge in [0, 0.05) is 6.20 Å². The molecule has 0 amide bonds. The molecule has 2 heterocycles. The molecule has 0 aliphatic heterocycles. The van der Waals surface area contributed by atoms with E-state index in [-0.39, 0.29) is 10.3 Å². The molecule has 2 rings (SSSR count). The molecule has 0 spiro atoms. The Morgan fingerprint density at radius 3 is 2.88 bits per heavy atom. The molecule has 2 N–H and O–H groups in total. The zero-order chi connectivity index (χ0) is 11.7. The van der Waals surface area contributed by atoms with Gasteiger partial charge in [-0.2, -0.15) is 4.98 Å². The van der Waals surface area contributed by atoms with Crippen molar-refractivity contribution in [2.45, 2.75) is 0 Å². The molecule has 0 aliphatic rings. The number of aromatic nitrogens is 3. The largest absolute Gasteiger partial charge is 0.492 e. The minimum Gasteiger partial charge on any atom is -0.492 e. The van der Waals surface area contributed by atoms with E-state index in [2.05, 4.69) is 30.9 Å². The SMILES string of the molecule is O=c1[nH]c(-c2ncccc2Cl)nc(O)c1Br. The molecular weight excluding hydrogens is 297 g/mol. The zero-order valence-electron chi connectivity index (χ0n) is 7.74. The summed E-state index contributed by atoms with van der Waals surface area (Å²) in [5, 5.41) is 9.72. The molecule has 2 aromatic rings. The van der Waals surface area contributed by atoms with E-state index in [1.54, 1.807) is 12.1 Å². The second-order valence-corrected chi connectivity index (χ2v) is 4.09. The van der Waals surface area contributed by atoms with E-state index in [9.17, 15) is 9.90 Å². The summed E-state index contributed by atoms with van der Waals surface area (Å²) in [6.45, 7) is 0. The number of halogens is 2. The van der Waals surface area contributed by atoms with Crippen LogP contribution in [0.4, 0.5) is 0 Å². The Morgan fingerprint density at radius 2 is 2.25 bits per heavy atom. The highest BCUT2D eigenvalue weighted by Crippen LogP contribution is 2.24. The smallest absolute Gasteiger partial charge is 0.269 e. The maximum Gasteiger partial charge on any atom is 0.269 e. The van der Waals surface area contributed by atoms with Crippen LogP contribution in [-0.4, -0.2) is 20.1 Å². The first-order chi connectivity index (χ1) is 7.59. The first-order valence-corrected chi connectivity index (χ1v) is 5.36. The van der Waals surface area contributed by atoms with Crippen LogP contribution in [0.5, 0.6) is 5.88 Å². The van der Waals surface area contributed by atoms with Gasteiger partial charge in [0.05, 0.1) is 5.02 Å². The van der Waals surface area contributed by atoms with Gasteiger partial charge in [0.25, 0.3) is 5.56 Å². The maximum absolute atomic E-state index is 11.4. The molecular formula is C9H5BrClN3O2. The van der Waals surface area contributed by atoms with Crippen molar-refractivity contribution in [1.82, 2.24) is 15.0 Å². The molecule has 7 heteroatoms. The molecule has 0 fully saturated rings. The average molecular weight is 303 g/mol. The molecule has 2 aromatic heterocycles. The van der Waals surface area contributed by atoms with Gasteiger partial charge < -0.3 is 10.1 Å². The molecule has 16 heavy (non-hydrogen) atoms. The Kier molecular flexibility index (Phi) is 2.93. The maximum atomic E-state index is 11.4. The van der Waals surface area contributed by atoms with Gasteiger partial charge in [-0.1, -0.05) is 11.6 Å². The highest BCUT2D eigenvalue weighted by atomic mass is 79.9. The number of pyridine rings is 1. The van der Waals surface area contributed by atoms with Crippen LogP contribution in [0.2, 0.25) is 5.02 Å². The van der Waals surface area contributed by atoms with Gasteiger partial charge in [-0.05, 0) is 28.1 Å². The van der Waals surface area contributed by atoms with Gasteiger partial charge >= 0.3 is 0 Å². The van der Waals surface area contributed by atoms with Gasteiger partial charge in [-0.25, -0.2) is 0 Å². The van der Waals surface area contributed by atoms with Gasteiger partial charge in [0.1, 0.15) is 10.2 Å². The number of aromatic amines is 1. The first-order valence-electron chi connectivity index (χ1n) is 4.19. The van der Waals surface area contributed by atoms with Crippen molar-refractivity contribution in [3.05, 3.63) is 38.2 Å². The molecule has 0 saturated carbocycles. The summed E-state index contributed by atoms with van der Waals surface area (Å²) in [7, 11) is 0. The lowest BCUT2D eigenvalue weighted by molar-refractivity contribution is 0.448. The molecule has 0 aliphatic carbocycles. The monoisotopic (exact) mass is 301 g/mol. The van der Waals surface area contributed by atoms with E-state index >= 15 is 0 Å². The summed E-state index contributed by atoms with van der Waals surface area (Å²) in [5.74, 6) is -0.281. The molecule has 0 unspecified atom stereocenters. The number of H-pyrrole nitrogens is 1. The summed E-state index contributed by atoms with van der Waals surface area (Å²) in [5.41, 5.74) is -0.187. The van der Waals surface area contributed by atoms with Crippen molar-refractivity contribution in [3.8, 4) is 17.4 Å². The van der Waals surface area contributed by atoms with Gasteiger partial charge in [0.15, 0.2) is 5.82 Å². The molecule has 0 bridgehead atoms. The molecule has 0 radical (unpaired) electrons. The van der Waals surface area contributed by atoms with E-state index < -0.39 is 11.4 Å². The lowest BCUT2D eigenvalue weighted by atomic mass is 10.3. The Hall–Kier alpha value is -1.40. The third-order valence-electron chi connectivity index (χ3n) is 1.83.